The molecular formula is C13H11NS2. The van der Waals surface area contributed by atoms with Crippen LogP contribution >= 0.6 is 24.6 Å². The van der Waals surface area contributed by atoms with Crippen molar-refractivity contribution in [1.82, 2.24) is 0 Å². The van der Waals surface area contributed by atoms with E-state index in [-0.39, 0.29) is 0 Å². The molecule has 0 aliphatic carbocycles. The van der Waals surface area contributed by atoms with E-state index in [2.05, 4.69) is 56.1 Å². The first-order chi connectivity index (χ1) is 7.75. The van der Waals surface area contributed by atoms with E-state index in [1.165, 1.54) is 21.0 Å². The number of aryl methyl sites for hydroxylation is 1. The SMILES string of the molecule is Cc1ccc2c(c1)N(S)c1ccccc1S2. The highest BCUT2D eigenvalue weighted by Crippen LogP contribution is 2.48. The Kier molecular flexibility index (Phi) is 2.37. The van der Waals surface area contributed by atoms with Gasteiger partial charge in [0.2, 0.25) is 0 Å². The van der Waals surface area contributed by atoms with E-state index in [0.29, 0.717) is 0 Å². The molecular weight excluding hydrogens is 234 g/mol. The Hall–Kier alpha value is -1.06. The lowest BCUT2D eigenvalue weighted by Gasteiger charge is -2.28. The minimum atomic E-state index is 1.16. The average molecular weight is 245 g/mol. The Labute approximate surface area is 105 Å². The number of para-hydroxylation sites is 1. The van der Waals surface area contributed by atoms with Gasteiger partial charge in [0.1, 0.15) is 0 Å². The number of anilines is 2. The highest BCUT2D eigenvalue weighted by atomic mass is 32.2. The van der Waals surface area contributed by atoms with Gasteiger partial charge in [0.25, 0.3) is 0 Å². The van der Waals surface area contributed by atoms with E-state index < -0.39 is 0 Å². The monoisotopic (exact) mass is 245 g/mol. The van der Waals surface area contributed by atoms with Crippen LogP contribution in [0.3, 0.4) is 0 Å². The van der Waals surface area contributed by atoms with E-state index >= 15 is 0 Å². The number of benzene rings is 2. The molecule has 3 rings (SSSR count). The molecule has 3 heteroatoms. The van der Waals surface area contributed by atoms with Crippen molar-refractivity contribution >= 4 is 36.0 Å². The quantitative estimate of drug-likeness (QED) is 0.683. The Balaban J connectivity index is 2.19. The molecule has 0 saturated carbocycles. The minimum absolute atomic E-state index is 1.16. The Morgan fingerprint density at radius 2 is 1.75 bits per heavy atom. The van der Waals surface area contributed by atoms with Crippen molar-refractivity contribution in [2.45, 2.75) is 16.7 Å². The Morgan fingerprint density at radius 1 is 1.00 bits per heavy atom. The number of nitrogens with zero attached hydrogens (tertiary/aromatic N) is 1. The van der Waals surface area contributed by atoms with Crippen LogP contribution in [0.2, 0.25) is 0 Å². The van der Waals surface area contributed by atoms with E-state index in [1.807, 2.05) is 10.4 Å². The predicted molar refractivity (Wildman–Crippen MR) is 72.9 cm³/mol. The lowest BCUT2D eigenvalue weighted by atomic mass is 10.2. The molecule has 2 aromatic rings. The van der Waals surface area contributed by atoms with E-state index in [1.54, 1.807) is 11.8 Å². The van der Waals surface area contributed by atoms with Gasteiger partial charge in [0.15, 0.2) is 0 Å². The summed E-state index contributed by atoms with van der Waals surface area (Å²) in [6.45, 7) is 2.10. The second-order valence-electron chi connectivity index (χ2n) is 3.85. The largest absolute Gasteiger partial charge is 0.285 e. The third-order valence-corrected chi connectivity index (χ3v) is 4.22. The van der Waals surface area contributed by atoms with Gasteiger partial charge in [-0.1, -0.05) is 42.8 Å². The molecule has 2 aromatic carbocycles. The summed E-state index contributed by atoms with van der Waals surface area (Å²) in [5, 5.41) is 0. The normalized spacial score (nSPS) is 13.2. The summed E-state index contributed by atoms with van der Waals surface area (Å²) in [4.78, 5) is 2.52. The summed E-state index contributed by atoms with van der Waals surface area (Å²) in [5.41, 5.74) is 3.60. The zero-order chi connectivity index (χ0) is 11.1. The van der Waals surface area contributed by atoms with E-state index in [9.17, 15) is 0 Å². The first-order valence-corrected chi connectivity index (χ1v) is 6.34. The molecule has 1 aliphatic heterocycles. The van der Waals surface area contributed by atoms with Crippen molar-refractivity contribution in [2.75, 3.05) is 4.31 Å². The summed E-state index contributed by atoms with van der Waals surface area (Å²) in [5.74, 6) is 0. The van der Waals surface area contributed by atoms with Crippen LogP contribution in [0.1, 0.15) is 5.56 Å². The molecule has 0 spiro atoms. The maximum Gasteiger partial charge on any atom is 0.0665 e. The number of fused-ring (bicyclic) bond motifs is 2. The van der Waals surface area contributed by atoms with Crippen molar-refractivity contribution in [2.24, 2.45) is 0 Å². The van der Waals surface area contributed by atoms with Crippen molar-refractivity contribution in [3.63, 3.8) is 0 Å². The van der Waals surface area contributed by atoms with Gasteiger partial charge in [0.05, 0.1) is 11.4 Å². The topological polar surface area (TPSA) is 3.24 Å². The van der Waals surface area contributed by atoms with Gasteiger partial charge >= 0.3 is 0 Å². The summed E-state index contributed by atoms with van der Waals surface area (Å²) >= 11 is 6.39. The molecule has 1 heterocycles. The summed E-state index contributed by atoms with van der Waals surface area (Å²) in [6.07, 6.45) is 0. The lowest BCUT2D eigenvalue weighted by molar-refractivity contribution is 1.24. The van der Waals surface area contributed by atoms with Crippen LogP contribution < -0.4 is 4.31 Å². The lowest BCUT2D eigenvalue weighted by Crippen LogP contribution is -2.08. The van der Waals surface area contributed by atoms with Gasteiger partial charge in [0, 0.05) is 9.79 Å². The third kappa shape index (κ3) is 1.51. The fourth-order valence-electron chi connectivity index (χ4n) is 1.85. The van der Waals surface area contributed by atoms with Crippen molar-refractivity contribution in [1.29, 1.82) is 0 Å². The molecule has 0 radical (unpaired) electrons. The smallest absolute Gasteiger partial charge is 0.0665 e. The summed E-state index contributed by atoms with van der Waals surface area (Å²) in [6, 6.07) is 14.8. The molecule has 0 bridgehead atoms. The van der Waals surface area contributed by atoms with E-state index in [4.69, 9.17) is 0 Å². The Bertz CT molecular complexity index is 551. The molecule has 0 aromatic heterocycles. The van der Waals surface area contributed by atoms with Crippen LogP contribution in [-0.2, 0) is 0 Å². The van der Waals surface area contributed by atoms with Gasteiger partial charge in [-0.3, -0.25) is 4.31 Å². The van der Waals surface area contributed by atoms with Crippen LogP contribution in [0, 0.1) is 6.92 Å². The van der Waals surface area contributed by atoms with Crippen LogP contribution in [0.5, 0.6) is 0 Å². The highest BCUT2D eigenvalue weighted by Gasteiger charge is 2.20. The van der Waals surface area contributed by atoms with Crippen LogP contribution in [0.4, 0.5) is 11.4 Å². The zero-order valence-electron chi connectivity index (χ0n) is 8.84. The van der Waals surface area contributed by atoms with Crippen LogP contribution in [-0.4, -0.2) is 0 Å². The molecule has 0 unspecified atom stereocenters. The second-order valence-corrected chi connectivity index (χ2v) is 5.34. The van der Waals surface area contributed by atoms with Crippen molar-refractivity contribution in [3.8, 4) is 0 Å². The summed E-state index contributed by atoms with van der Waals surface area (Å²) < 4.78 is 1.97. The Morgan fingerprint density at radius 3 is 2.62 bits per heavy atom. The molecule has 16 heavy (non-hydrogen) atoms. The highest BCUT2D eigenvalue weighted by molar-refractivity contribution is 8.00. The molecule has 80 valence electrons. The van der Waals surface area contributed by atoms with Crippen molar-refractivity contribution in [3.05, 3.63) is 48.0 Å². The van der Waals surface area contributed by atoms with Crippen molar-refractivity contribution < 1.29 is 0 Å². The average Bonchev–Trinajstić information content (AvgIpc) is 2.31. The molecule has 0 saturated heterocycles. The van der Waals surface area contributed by atoms with Gasteiger partial charge in [-0.25, -0.2) is 0 Å². The van der Waals surface area contributed by atoms with Gasteiger partial charge in [-0.05, 0) is 36.8 Å². The molecule has 0 amide bonds. The van der Waals surface area contributed by atoms with Gasteiger partial charge in [-0.2, -0.15) is 0 Å². The van der Waals surface area contributed by atoms with Crippen LogP contribution in [0.15, 0.2) is 52.3 Å². The molecule has 0 atom stereocenters. The number of rotatable bonds is 0. The standard InChI is InChI=1S/C13H11NS2/c1-9-6-7-13-11(8-9)14(15)10-4-2-3-5-12(10)16-13/h2-8,15H,1H3. The molecule has 1 nitrogen and oxygen atoms in total. The first-order valence-electron chi connectivity index (χ1n) is 5.12. The van der Waals surface area contributed by atoms with E-state index in [0.717, 1.165) is 5.69 Å². The first kappa shape index (κ1) is 10.1. The number of hydrogen-bond donors (Lipinski definition) is 1. The molecule has 0 N–H and O–H groups in total. The third-order valence-electron chi connectivity index (χ3n) is 2.66. The fraction of sp³-hybridized carbons (Fsp3) is 0.0769. The minimum Gasteiger partial charge on any atom is -0.285 e. The second kappa shape index (κ2) is 3.75. The number of hydrogen-bond acceptors (Lipinski definition) is 3. The van der Waals surface area contributed by atoms with Gasteiger partial charge < -0.3 is 0 Å². The van der Waals surface area contributed by atoms with Crippen LogP contribution in [0.25, 0.3) is 0 Å². The zero-order valence-corrected chi connectivity index (χ0v) is 10.6. The molecule has 0 fully saturated rings. The fourth-order valence-corrected chi connectivity index (χ4v) is 3.36. The number of thiol groups is 1. The maximum atomic E-state index is 4.59. The molecule has 1 aliphatic rings. The predicted octanol–water partition coefficient (Wildman–Crippen LogP) is 4.44. The van der Waals surface area contributed by atoms with Gasteiger partial charge in [-0.15, -0.1) is 0 Å². The summed E-state index contributed by atoms with van der Waals surface area (Å²) in [7, 11) is 0. The maximum absolute atomic E-state index is 4.59.